The van der Waals surface area contributed by atoms with Crippen molar-refractivity contribution < 1.29 is 18.3 Å². The van der Waals surface area contributed by atoms with Crippen LogP contribution in [-0.4, -0.2) is 32.5 Å². The number of fused-ring (bicyclic) bond motifs is 2. The first kappa shape index (κ1) is 22.2. The Kier molecular flexibility index (Phi) is 5.88. The zero-order valence-corrected chi connectivity index (χ0v) is 19.8. The summed E-state index contributed by atoms with van der Waals surface area (Å²) in [5.41, 5.74) is 8.47. The molecule has 8 nitrogen and oxygen atoms in total. The van der Waals surface area contributed by atoms with Gasteiger partial charge in [-0.15, -0.1) is 11.3 Å². The van der Waals surface area contributed by atoms with Crippen molar-refractivity contribution in [2.45, 2.75) is 24.6 Å². The first-order valence-electron chi connectivity index (χ1n) is 10.3. The van der Waals surface area contributed by atoms with E-state index in [0.29, 0.717) is 22.7 Å². The van der Waals surface area contributed by atoms with E-state index >= 15 is 0 Å². The molecule has 5 aromatic rings. The van der Waals surface area contributed by atoms with E-state index in [1.54, 1.807) is 26.0 Å². The lowest BCUT2D eigenvalue weighted by Gasteiger charge is -2.06. The predicted octanol–water partition coefficient (Wildman–Crippen LogP) is 5.39. The number of thioether (sulfide) groups is 1. The molecule has 0 radical (unpaired) electrons. The number of aryl methyl sites for hydroxylation is 1. The third-order valence-corrected chi connectivity index (χ3v) is 6.98. The number of benzene rings is 1. The molecule has 0 aliphatic heterocycles. The van der Waals surface area contributed by atoms with Gasteiger partial charge in [0.1, 0.15) is 45.0 Å². The van der Waals surface area contributed by atoms with Gasteiger partial charge >= 0.3 is 5.97 Å². The number of anilines is 1. The van der Waals surface area contributed by atoms with Gasteiger partial charge in [0, 0.05) is 10.9 Å². The third kappa shape index (κ3) is 3.97. The van der Waals surface area contributed by atoms with Crippen LogP contribution < -0.4 is 5.73 Å². The van der Waals surface area contributed by atoms with Gasteiger partial charge in [0.05, 0.1) is 23.1 Å². The molecule has 4 aromatic heterocycles. The van der Waals surface area contributed by atoms with Crippen LogP contribution >= 0.6 is 23.1 Å². The van der Waals surface area contributed by atoms with E-state index in [1.807, 2.05) is 5.38 Å². The molecule has 0 fully saturated rings. The Labute approximate surface area is 201 Å². The summed E-state index contributed by atoms with van der Waals surface area (Å²) < 4.78 is 24.2. The summed E-state index contributed by atoms with van der Waals surface area (Å²) in [7, 11) is 0. The van der Waals surface area contributed by atoms with E-state index < -0.39 is 5.97 Å². The van der Waals surface area contributed by atoms with Crippen molar-refractivity contribution in [3.63, 3.8) is 0 Å². The van der Waals surface area contributed by atoms with Crippen LogP contribution in [0.3, 0.4) is 0 Å². The summed E-state index contributed by atoms with van der Waals surface area (Å²) in [6.45, 7) is 3.62. The molecule has 1 aromatic carbocycles. The average molecular weight is 496 g/mol. The highest BCUT2D eigenvalue weighted by Gasteiger charge is 2.24. The number of esters is 1. The maximum atomic E-state index is 13.4. The first-order valence-corrected chi connectivity index (χ1v) is 12.2. The smallest absolute Gasteiger partial charge is 0.342 e. The summed E-state index contributed by atoms with van der Waals surface area (Å²) in [4.78, 5) is 30.8. The molecule has 0 bridgehead atoms. The minimum absolute atomic E-state index is 0.149. The Bertz CT molecular complexity index is 1530. The van der Waals surface area contributed by atoms with Crippen LogP contribution in [0.5, 0.6) is 0 Å². The number of furan rings is 1. The van der Waals surface area contributed by atoms with E-state index in [2.05, 4.69) is 19.9 Å². The van der Waals surface area contributed by atoms with Crippen LogP contribution in [-0.2, 0) is 10.5 Å². The summed E-state index contributed by atoms with van der Waals surface area (Å²) in [5.74, 6) is 0.502. The van der Waals surface area contributed by atoms with Crippen molar-refractivity contribution in [1.82, 2.24) is 19.9 Å². The number of ether oxygens (including phenoxy) is 1. The number of nitrogens with zero attached hydrogens (tertiary/aromatic N) is 4. The molecule has 0 saturated heterocycles. The summed E-state index contributed by atoms with van der Waals surface area (Å²) >= 11 is 2.93. The van der Waals surface area contributed by atoms with Crippen LogP contribution in [0.25, 0.3) is 32.4 Å². The number of rotatable bonds is 6. The van der Waals surface area contributed by atoms with E-state index in [4.69, 9.17) is 14.9 Å². The van der Waals surface area contributed by atoms with E-state index in [9.17, 15) is 9.18 Å². The third-order valence-electron chi connectivity index (χ3n) is 5.11. The SMILES string of the molecule is CCOC(=O)c1c(C)oc2nc(CSc3ncnc4scc(-c5ccc(F)cc5)c34)nc(N)c12. The number of thiophene rings is 1. The van der Waals surface area contributed by atoms with Crippen LogP contribution in [0.1, 0.15) is 28.9 Å². The molecule has 0 spiro atoms. The lowest BCUT2D eigenvalue weighted by atomic mass is 10.1. The Hall–Kier alpha value is -3.57. The van der Waals surface area contributed by atoms with Crippen LogP contribution in [0, 0.1) is 12.7 Å². The van der Waals surface area contributed by atoms with Gasteiger partial charge in [-0.05, 0) is 31.5 Å². The molecule has 0 aliphatic rings. The number of nitrogen functional groups attached to an aromatic ring is 1. The summed E-state index contributed by atoms with van der Waals surface area (Å²) in [5, 5.41) is 3.97. The number of hydrogen-bond acceptors (Lipinski definition) is 10. The molecule has 172 valence electrons. The number of nitrogens with two attached hydrogens (primary N) is 1. The molecule has 0 aliphatic carbocycles. The molecule has 0 amide bonds. The van der Waals surface area contributed by atoms with Crippen molar-refractivity contribution in [2.24, 2.45) is 0 Å². The number of hydrogen-bond donors (Lipinski definition) is 1. The second-order valence-electron chi connectivity index (χ2n) is 7.26. The molecule has 2 N–H and O–H groups in total. The number of aromatic nitrogens is 4. The minimum Gasteiger partial charge on any atom is -0.462 e. The molecule has 0 atom stereocenters. The van der Waals surface area contributed by atoms with Gasteiger partial charge in [-0.1, -0.05) is 23.9 Å². The summed E-state index contributed by atoms with van der Waals surface area (Å²) in [6.07, 6.45) is 1.51. The number of halogens is 1. The van der Waals surface area contributed by atoms with Crippen molar-refractivity contribution >= 4 is 56.2 Å². The second-order valence-corrected chi connectivity index (χ2v) is 9.09. The fourth-order valence-corrected chi connectivity index (χ4v) is 5.48. The Balaban J connectivity index is 1.48. The Morgan fingerprint density at radius 1 is 1.21 bits per heavy atom. The van der Waals surface area contributed by atoms with Gasteiger partial charge in [-0.2, -0.15) is 4.98 Å². The van der Waals surface area contributed by atoms with Gasteiger partial charge in [-0.3, -0.25) is 0 Å². The van der Waals surface area contributed by atoms with Crippen molar-refractivity contribution in [3.05, 3.63) is 58.9 Å². The largest absolute Gasteiger partial charge is 0.462 e. The highest BCUT2D eigenvalue weighted by atomic mass is 32.2. The van der Waals surface area contributed by atoms with Crippen molar-refractivity contribution in [3.8, 4) is 11.1 Å². The molecule has 5 rings (SSSR count). The Morgan fingerprint density at radius 2 is 2.00 bits per heavy atom. The molecular formula is C23H18FN5O3S2. The van der Waals surface area contributed by atoms with Crippen LogP contribution in [0.15, 0.2) is 45.4 Å². The Morgan fingerprint density at radius 3 is 2.76 bits per heavy atom. The quantitative estimate of drug-likeness (QED) is 0.188. The second kappa shape index (κ2) is 8.99. The fourth-order valence-electron chi connectivity index (χ4n) is 3.63. The van der Waals surface area contributed by atoms with E-state index in [-0.39, 0.29) is 29.5 Å². The molecule has 34 heavy (non-hydrogen) atoms. The average Bonchev–Trinajstić information content (AvgIpc) is 3.39. The molecular weight excluding hydrogens is 477 g/mol. The molecule has 4 heterocycles. The van der Waals surface area contributed by atoms with Gasteiger partial charge in [0.2, 0.25) is 5.71 Å². The highest BCUT2D eigenvalue weighted by molar-refractivity contribution is 7.98. The van der Waals surface area contributed by atoms with E-state index in [0.717, 1.165) is 26.4 Å². The van der Waals surface area contributed by atoms with Gasteiger partial charge in [-0.25, -0.2) is 24.1 Å². The monoisotopic (exact) mass is 495 g/mol. The zero-order chi connectivity index (χ0) is 23.8. The van der Waals surface area contributed by atoms with Gasteiger partial charge in [0.15, 0.2) is 0 Å². The first-order chi connectivity index (χ1) is 16.5. The maximum absolute atomic E-state index is 13.4. The predicted molar refractivity (Wildman–Crippen MR) is 129 cm³/mol. The maximum Gasteiger partial charge on any atom is 0.342 e. The standard InChI is InChI=1S/C23H18FN5O3S2/c1-3-31-23(30)16-11(2)32-20-18(16)19(25)28-15(29-20)9-34-22-17-14(8-33-21(17)26-10-27-22)12-4-6-13(24)7-5-12/h4-8,10H,3,9H2,1-2H3,(H2,25,28,29). The number of carbonyl (C=O) groups is 1. The van der Waals surface area contributed by atoms with E-state index in [1.165, 1.54) is 41.6 Å². The van der Waals surface area contributed by atoms with Crippen molar-refractivity contribution in [2.75, 3.05) is 12.3 Å². The zero-order valence-electron chi connectivity index (χ0n) is 18.2. The lowest BCUT2D eigenvalue weighted by molar-refractivity contribution is 0.0526. The number of carbonyl (C=O) groups excluding carboxylic acids is 1. The summed E-state index contributed by atoms with van der Waals surface area (Å²) in [6, 6.07) is 6.32. The molecule has 0 saturated carbocycles. The van der Waals surface area contributed by atoms with Crippen LogP contribution in [0.4, 0.5) is 10.2 Å². The molecule has 11 heteroatoms. The molecule has 0 unspecified atom stereocenters. The topological polar surface area (TPSA) is 117 Å². The fraction of sp³-hybridized carbons (Fsp3) is 0.174. The minimum atomic E-state index is -0.523. The van der Waals surface area contributed by atoms with Gasteiger partial charge < -0.3 is 14.9 Å². The van der Waals surface area contributed by atoms with Gasteiger partial charge in [0.25, 0.3) is 0 Å². The lowest BCUT2D eigenvalue weighted by Crippen LogP contribution is -2.07. The van der Waals surface area contributed by atoms with Crippen molar-refractivity contribution in [1.29, 1.82) is 0 Å². The normalized spacial score (nSPS) is 11.4. The van der Waals surface area contributed by atoms with Crippen LogP contribution in [0.2, 0.25) is 0 Å². The highest BCUT2D eigenvalue weighted by Crippen LogP contribution is 2.39.